The minimum Gasteiger partial charge on any atom is -0.450 e. The van der Waals surface area contributed by atoms with Crippen molar-refractivity contribution in [1.82, 2.24) is 0 Å². The quantitative estimate of drug-likeness (QED) is 0.241. The van der Waals surface area contributed by atoms with E-state index in [2.05, 4.69) is 6.92 Å². The first-order valence-corrected chi connectivity index (χ1v) is 10.7. The van der Waals surface area contributed by atoms with Gasteiger partial charge in [0.2, 0.25) is 5.82 Å². The molecule has 0 unspecified atom stereocenters. The minimum atomic E-state index is -1.38. The Morgan fingerprint density at radius 2 is 1.56 bits per heavy atom. The van der Waals surface area contributed by atoms with Crippen LogP contribution >= 0.6 is 0 Å². The molecule has 0 spiro atoms. The summed E-state index contributed by atoms with van der Waals surface area (Å²) in [5, 5.41) is 0. The Bertz CT molecular complexity index is 1170. The molecule has 0 bridgehead atoms. The fourth-order valence-corrected chi connectivity index (χ4v) is 3.88. The van der Waals surface area contributed by atoms with Crippen LogP contribution in [0.15, 0.2) is 42.5 Å². The van der Waals surface area contributed by atoms with Gasteiger partial charge < -0.3 is 9.47 Å². The molecular weight excluding hydrogens is 417 g/mol. The highest BCUT2D eigenvalue weighted by Gasteiger charge is 2.30. The summed E-state index contributed by atoms with van der Waals surface area (Å²) in [6.07, 6.45) is 3.23. The summed E-state index contributed by atoms with van der Waals surface area (Å²) in [5.41, 5.74) is 1.77. The molecule has 0 radical (unpaired) electrons. The molecule has 32 heavy (non-hydrogen) atoms. The summed E-state index contributed by atoms with van der Waals surface area (Å²) >= 11 is 0. The molecular formula is C26H23F3O3. The zero-order chi connectivity index (χ0) is 22.8. The van der Waals surface area contributed by atoms with Gasteiger partial charge in [-0.15, -0.1) is 0 Å². The van der Waals surface area contributed by atoms with E-state index >= 15 is 0 Å². The van der Waals surface area contributed by atoms with Crippen LogP contribution in [0.4, 0.5) is 13.2 Å². The fourth-order valence-electron chi connectivity index (χ4n) is 3.88. The maximum Gasteiger partial charge on any atom is 0.346 e. The third-order valence-corrected chi connectivity index (χ3v) is 5.49. The Kier molecular flexibility index (Phi) is 6.21. The Morgan fingerprint density at radius 3 is 2.25 bits per heavy atom. The SMILES string of the molecule is CCCc1ccc(OC(=O)c2cc3c(c(F)c2F)Oc2c(ccc(CCC)c2F)C3)cc1. The van der Waals surface area contributed by atoms with Gasteiger partial charge in [0, 0.05) is 17.5 Å². The van der Waals surface area contributed by atoms with E-state index in [4.69, 9.17) is 9.47 Å². The molecule has 0 saturated heterocycles. The number of ether oxygens (including phenoxy) is 2. The van der Waals surface area contributed by atoms with Crippen LogP contribution in [0.1, 0.15) is 59.3 Å². The molecule has 3 nitrogen and oxygen atoms in total. The number of carbonyl (C=O) groups is 1. The molecule has 0 amide bonds. The molecule has 6 heteroatoms. The van der Waals surface area contributed by atoms with Gasteiger partial charge in [-0.25, -0.2) is 13.6 Å². The third kappa shape index (κ3) is 4.09. The maximum absolute atomic E-state index is 14.8. The summed E-state index contributed by atoms with van der Waals surface area (Å²) in [6, 6.07) is 11.5. The summed E-state index contributed by atoms with van der Waals surface area (Å²) in [5.74, 6) is -4.55. The molecule has 0 atom stereocenters. The lowest BCUT2D eigenvalue weighted by Crippen LogP contribution is -2.16. The Labute approximate surface area is 184 Å². The average molecular weight is 440 g/mol. The van der Waals surface area contributed by atoms with Crippen LogP contribution in [-0.4, -0.2) is 5.97 Å². The number of aryl methyl sites for hydroxylation is 2. The molecule has 166 valence electrons. The van der Waals surface area contributed by atoms with E-state index in [0.29, 0.717) is 17.5 Å². The van der Waals surface area contributed by atoms with E-state index in [0.717, 1.165) is 24.8 Å². The number of fused-ring (bicyclic) bond motifs is 2. The van der Waals surface area contributed by atoms with Crippen LogP contribution in [0, 0.1) is 17.5 Å². The van der Waals surface area contributed by atoms with Gasteiger partial charge in [0.15, 0.2) is 23.1 Å². The maximum atomic E-state index is 14.8. The highest BCUT2D eigenvalue weighted by atomic mass is 19.2. The molecule has 0 aromatic heterocycles. The van der Waals surface area contributed by atoms with Crippen molar-refractivity contribution in [3.8, 4) is 17.2 Å². The third-order valence-electron chi connectivity index (χ3n) is 5.49. The van der Waals surface area contributed by atoms with Crippen molar-refractivity contribution >= 4 is 5.97 Å². The standard InChI is InChI=1S/C26H23F3O3/c1-3-5-15-7-11-19(12-8-15)31-26(30)20-14-18-13-17-10-9-16(6-4-2)21(27)24(17)32-25(18)23(29)22(20)28/h7-12,14H,3-6,13H2,1-2H3. The summed E-state index contributed by atoms with van der Waals surface area (Å²) < 4.78 is 55.0. The lowest BCUT2D eigenvalue weighted by molar-refractivity contribution is 0.0728. The summed E-state index contributed by atoms with van der Waals surface area (Å²) in [6.45, 7) is 3.98. The first-order valence-electron chi connectivity index (χ1n) is 10.7. The van der Waals surface area contributed by atoms with Gasteiger partial charge in [-0.2, -0.15) is 4.39 Å². The monoisotopic (exact) mass is 440 g/mol. The zero-order valence-electron chi connectivity index (χ0n) is 17.9. The van der Waals surface area contributed by atoms with Gasteiger partial charge in [-0.05, 0) is 42.2 Å². The van der Waals surface area contributed by atoms with Crippen LogP contribution in [-0.2, 0) is 19.3 Å². The molecule has 3 aromatic carbocycles. The van der Waals surface area contributed by atoms with Crippen molar-refractivity contribution in [2.24, 2.45) is 0 Å². The van der Waals surface area contributed by atoms with Crippen LogP contribution in [0.5, 0.6) is 17.2 Å². The van der Waals surface area contributed by atoms with Crippen molar-refractivity contribution in [3.05, 3.63) is 87.7 Å². The van der Waals surface area contributed by atoms with Crippen LogP contribution < -0.4 is 9.47 Å². The molecule has 0 saturated carbocycles. The van der Waals surface area contributed by atoms with Gasteiger partial charge in [-0.1, -0.05) is 51.0 Å². The molecule has 4 rings (SSSR count). The van der Waals surface area contributed by atoms with Crippen molar-refractivity contribution in [3.63, 3.8) is 0 Å². The predicted octanol–water partition coefficient (Wildman–Crippen LogP) is 6.92. The van der Waals surface area contributed by atoms with Crippen molar-refractivity contribution in [1.29, 1.82) is 0 Å². The average Bonchev–Trinajstić information content (AvgIpc) is 2.79. The number of rotatable bonds is 6. The highest BCUT2D eigenvalue weighted by molar-refractivity contribution is 5.92. The topological polar surface area (TPSA) is 35.5 Å². The van der Waals surface area contributed by atoms with Gasteiger partial charge in [0.1, 0.15) is 5.75 Å². The second-order valence-electron chi connectivity index (χ2n) is 7.88. The molecule has 1 aliphatic rings. The number of hydrogen-bond acceptors (Lipinski definition) is 3. The number of benzene rings is 3. The van der Waals surface area contributed by atoms with Crippen LogP contribution in [0.25, 0.3) is 0 Å². The van der Waals surface area contributed by atoms with Gasteiger partial charge in [-0.3, -0.25) is 0 Å². The van der Waals surface area contributed by atoms with Crippen molar-refractivity contribution in [2.45, 2.75) is 46.0 Å². The number of carbonyl (C=O) groups excluding carboxylic acids is 1. The second kappa shape index (κ2) is 9.07. The Balaban J connectivity index is 1.62. The van der Waals surface area contributed by atoms with E-state index in [-0.39, 0.29) is 23.5 Å². The molecule has 0 N–H and O–H groups in total. The van der Waals surface area contributed by atoms with E-state index in [1.165, 1.54) is 6.07 Å². The van der Waals surface area contributed by atoms with Gasteiger partial charge in [0.25, 0.3) is 0 Å². The van der Waals surface area contributed by atoms with Gasteiger partial charge in [0.05, 0.1) is 5.56 Å². The van der Waals surface area contributed by atoms with Gasteiger partial charge >= 0.3 is 5.97 Å². The predicted molar refractivity (Wildman–Crippen MR) is 115 cm³/mol. The number of esters is 1. The van der Waals surface area contributed by atoms with Crippen LogP contribution in [0.3, 0.4) is 0 Å². The first-order chi connectivity index (χ1) is 15.4. The Morgan fingerprint density at radius 1 is 0.875 bits per heavy atom. The largest absolute Gasteiger partial charge is 0.450 e. The van der Waals surface area contributed by atoms with Crippen molar-refractivity contribution < 1.29 is 27.4 Å². The van der Waals surface area contributed by atoms with E-state index in [1.807, 2.05) is 19.1 Å². The van der Waals surface area contributed by atoms with E-state index < -0.39 is 34.7 Å². The van der Waals surface area contributed by atoms with Crippen molar-refractivity contribution in [2.75, 3.05) is 0 Å². The molecule has 0 fully saturated rings. The number of halogens is 3. The smallest absolute Gasteiger partial charge is 0.346 e. The van der Waals surface area contributed by atoms with E-state index in [1.54, 1.807) is 24.3 Å². The second-order valence-corrected chi connectivity index (χ2v) is 7.88. The lowest BCUT2D eigenvalue weighted by atomic mass is 9.95. The number of hydrogen-bond donors (Lipinski definition) is 0. The Hall–Kier alpha value is -3.28. The molecule has 1 heterocycles. The highest BCUT2D eigenvalue weighted by Crippen LogP contribution is 2.42. The first kappa shape index (κ1) is 21.9. The normalized spacial score (nSPS) is 12.0. The zero-order valence-corrected chi connectivity index (χ0v) is 17.9. The molecule has 1 aliphatic heterocycles. The van der Waals surface area contributed by atoms with E-state index in [9.17, 15) is 18.0 Å². The lowest BCUT2D eigenvalue weighted by Gasteiger charge is -2.23. The van der Waals surface area contributed by atoms with Crippen LogP contribution in [0.2, 0.25) is 0 Å². The summed E-state index contributed by atoms with van der Waals surface area (Å²) in [4.78, 5) is 12.6. The molecule has 3 aromatic rings. The summed E-state index contributed by atoms with van der Waals surface area (Å²) in [7, 11) is 0. The molecule has 0 aliphatic carbocycles. The fraction of sp³-hybridized carbons (Fsp3) is 0.269. The minimum absolute atomic E-state index is 0.0933.